The molecule has 18 heavy (non-hydrogen) atoms. The van der Waals surface area contributed by atoms with Gasteiger partial charge in [0, 0.05) is 18.1 Å². The van der Waals surface area contributed by atoms with Gasteiger partial charge >= 0.3 is 5.97 Å². The van der Waals surface area contributed by atoms with E-state index in [2.05, 4.69) is 6.92 Å². The molecule has 1 saturated heterocycles. The fourth-order valence-corrected chi connectivity index (χ4v) is 6.34. The number of hydrogen-bond acceptors (Lipinski definition) is 5. The van der Waals surface area contributed by atoms with Gasteiger partial charge in [-0.3, -0.25) is 4.79 Å². The maximum atomic E-state index is 11.9. The molecule has 1 aliphatic carbocycles. The van der Waals surface area contributed by atoms with E-state index >= 15 is 0 Å². The Kier molecular flexibility index (Phi) is 4.89. The third-order valence-corrected chi connectivity index (χ3v) is 7.93. The van der Waals surface area contributed by atoms with Crippen LogP contribution in [0.2, 0.25) is 0 Å². The Morgan fingerprint density at radius 1 is 1.39 bits per heavy atom. The summed E-state index contributed by atoms with van der Waals surface area (Å²) >= 11 is 4.06. The van der Waals surface area contributed by atoms with Gasteiger partial charge in [0.25, 0.3) is 0 Å². The highest BCUT2D eigenvalue weighted by atomic mass is 32.2. The number of carbonyl (C=O) groups excluding carboxylic acids is 1. The molecule has 0 radical (unpaired) electrons. The molecule has 0 amide bonds. The van der Waals surface area contributed by atoms with E-state index in [-0.39, 0.29) is 28.5 Å². The standard InChI is InChI=1S/C13H22O3S2/c1-13(17-5-6-18-13)10-4-3-9(8-14)11(7-10)12(15)16-2/h9-11,14H,3-8H2,1-2H3/t9-,10?,11-/m1/s1. The monoisotopic (exact) mass is 290 g/mol. The molecule has 0 bridgehead atoms. The first kappa shape index (κ1) is 14.5. The molecule has 3 atom stereocenters. The van der Waals surface area contributed by atoms with Crippen LogP contribution in [0.5, 0.6) is 0 Å². The van der Waals surface area contributed by atoms with Crippen LogP contribution < -0.4 is 0 Å². The molecule has 1 N–H and O–H groups in total. The SMILES string of the molecule is COC(=O)[C@@H]1CC(C2(C)SCCS2)CC[C@@H]1CO. The van der Waals surface area contributed by atoms with Crippen molar-refractivity contribution >= 4 is 29.5 Å². The third kappa shape index (κ3) is 2.83. The molecule has 2 fully saturated rings. The minimum atomic E-state index is -0.143. The Hall–Kier alpha value is 0.130. The van der Waals surface area contributed by atoms with Gasteiger partial charge in [0.2, 0.25) is 0 Å². The van der Waals surface area contributed by atoms with Crippen LogP contribution >= 0.6 is 23.5 Å². The van der Waals surface area contributed by atoms with Gasteiger partial charge in [0.15, 0.2) is 0 Å². The molecule has 5 heteroatoms. The summed E-state index contributed by atoms with van der Waals surface area (Å²) < 4.78 is 5.16. The Labute approximate surface area is 117 Å². The van der Waals surface area contributed by atoms with E-state index in [0.717, 1.165) is 19.3 Å². The predicted molar refractivity (Wildman–Crippen MR) is 76.7 cm³/mol. The minimum absolute atomic E-state index is 0.0914. The number of carbonyl (C=O) groups is 1. The van der Waals surface area contributed by atoms with Gasteiger partial charge in [-0.2, -0.15) is 0 Å². The van der Waals surface area contributed by atoms with Crippen LogP contribution in [0.25, 0.3) is 0 Å². The lowest BCUT2D eigenvalue weighted by atomic mass is 9.73. The summed E-state index contributed by atoms with van der Waals surface area (Å²) in [6.45, 7) is 2.41. The summed E-state index contributed by atoms with van der Waals surface area (Å²) in [6.07, 6.45) is 2.93. The second-order valence-electron chi connectivity index (χ2n) is 5.30. The van der Waals surface area contributed by atoms with Crippen LogP contribution in [0.15, 0.2) is 0 Å². The highest BCUT2D eigenvalue weighted by molar-refractivity contribution is 8.21. The summed E-state index contributed by atoms with van der Waals surface area (Å²) in [5.74, 6) is 2.82. The average Bonchev–Trinajstić information content (AvgIpc) is 2.85. The number of thioether (sulfide) groups is 2. The lowest BCUT2D eigenvalue weighted by Crippen LogP contribution is -2.39. The first-order chi connectivity index (χ1) is 8.60. The number of esters is 1. The van der Waals surface area contributed by atoms with Crippen LogP contribution in [0, 0.1) is 17.8 Å². The van der Waals surface area contributed by atoms with Gasteiger partial charge < -0.3 is 9.84 Å². The van der Waals surface area contributed by atoms with Gasteiger partial charge in [-0.15, -0.1) is 23.5 Å². The normalized spacial score (nSPS) is 35.4. The number of hydrogen-bond donors (Lipinski definition) is 1. The maximum absolute atomic E-state index is 11.9. The molecule has 1 saturated carbocycles. The summed E-state index contributed by atoms with van der Waals surface area (Å²) in [4.78, 5) is 11.9. The van der Waals surface area contributed by atoms with Crippen LogP contribution in [0.3, 0.4) is 0 Å². The fourth-order valence-electron chi connectivity index (χ4n) is 3.13. The van der Waals surface area contributed by atoms with Crippen molar-refractivity contribution in [2.45, 2.75) is 30.3 Å². The molecule has 0 aromatic carbocycles. The molecule has 0 spiro atoms. The van der Waals surface area contributed by atoms with E-state index < -0.39 is 0 Å². The second kappa shape index (κ2) is 6.06. The van der Waals surface area contributed by atoms with Crippen LogP contribution in [0.4, 0.5) is 0 Å². The molecule has 1 aliphatic heterocycles. The zero-order valence-corrected chi connectivity index (χ0v) is 12.7. The maximum Gasteiger partial charge on any atom is 0.309 e. The summed E-state index contributed by atoms with van der Waals surface area (Å²) in [5, 5.41) is 9.40. The molecule has 2 rings (SSSR count). The smallest absolute Gasteiger partial charge is 0.309 e. The van der Waals surface area contributed by atoms with Crippen molar-refractivity contribution in [3.8, 4) is 0 Å². The van der Waals surface area contributed by atoms with E-state index in [0.29, 0.717) is 5.92 Å². The van der Waals surface area contributed by atoms with Crippen LogP contribution in [-0.2, 0) is 9.53 Å². The van der Waals surface area contributed by atoms with Crippen molar-refractivity contribution < 1.29 is 14.6 Å². The van der Waals surface area contributed by atoms with Gasteiger partial charge in [-0.25, -0.2) is 0 Å². The lowest BCUT2D eigenvalue weighted by Gasteiger charge is -2.40. The number of ether oxygens (including phenoxy) is 1. The Bertz CT molecular complexity index is 303. The molecular weight excluding hydrogens is 268 g/mol. The highest BCUT2D eigenvalue weighted by Gasteiger charge is 2.45. The lowest BCUT2D eigenvalue weighted by molar-refractivity contribution is -0.150. The van der Waals surface area contributed by atoms with Gasteiger partial charge in [0.1, 0.15) is 0 Å². The van der Waals surface area contributed by atoms with E-state index in [1.54, 1.807) is 0 Å². The van der Waals surface area contributed by atoms with E-state index in [1.807, 2.05) is 23.5 Å². The summed E-state index contributed by atoms with van der Waals surface area (Å²) in [7, 11) is 1.45. The van der Waals surface area contributed by atoms with Crippen LogP contribution in [-0.4, -0.2) is 40.4 Å². The quantitative estimate of drug-likeness (QED) is 0.809. The predicted octanol–water partition coefficient (Wildman–Crippen LogP) is 2.38. The minimum Gasteiger partial charge on any atom is -0.469 e. The van der Waals surface area contributed by atoms with Crippen LogP contribution in [0.1, 0.15) is 26.2 Å². The summed E-state index contributed by atoms with van der Waals surface area (Å²) in [6, 6.07) is 0. The van der Waals surface area contributed by atoms with Crippen molar-refractivity contribution in [1.82, 2.24) is 0 Å². The molecule has 1 unspecified atom stereocenters. The molecule has 1 heterocycles. The topological polar surface area (TPSA) is 46.5 Å². The first-order valence-electron chi connectivity index (χ1n) is 6.57. The molecule has 3 nitrogen and oxygen atoms in total. The Morgan fingerprint density at radius 2 is 2.06 bits per heavy atom. The molecule has 0 aromatic rings. The van der Waals surface area contributed by atoms with Gasteiger partial charge in [0.05, 0.1) is 17.1 Å². The number of methoxy groups -OCH3 is 1. The zero-order valence-electron chi connectivity index (χ0n) is 11.1. The second-order valence-corrected chi connectivity index (χ2v) is 8.64. The van der Waals surface area contributed by atoms with E-state index in [1.165, 1.54) is 18.6 Å². The molecule has 0 aromatic heterocycles. The molecular formula is C13H22O3S2. The van der Waals surface area contributed by atoms with Crippen molar-refractivity contribution in [2.75, 3.05) is 25.2 Å². The van der Waals surface area contributed by atoms with Crippen molar-refractivity contribution in [2.24, 2.45) is 17.8 Å². The van der Waals surface area contributed by atoms with Crippen molar-refractivity contribution in [1.29, 1.82) is 0 Å². The average molecular weight is 290 g/mol. The largest absolute Gasteiger partial charge is 0.469 e. The van der Waals surface area contributed by atoms with Crippen molar-refractivity contribution in [3.63, 3.8) is 0 Å². The van der Waals surface area contributed by atoms with E-state index in [4.69, 9.17) is 4.74 Å². The van der Waals surface area contributed by atoms with Gasteiger partial charge in [-0.1, -0.05) is 0 Å². The Balaban J connectivity index is 2.06. The number of aliphatic hydroxyl groups is 1. The zero-order chi connectivity index (χ0) is 13.2. The van der Waals surface area contributed by atoms with Crippen molar-refractivity contribution in [3.05, 3.63) is 0 Å². The molecule has 104 valence electrons. The fraction of sp³-hybridized carbons (Fsp3) is 0.923. The number of aliphatic hydroxyl groups excluding tert-OH is 1. The first-order valence-corrected chi connectivity index (χ1v) is 8.54. The number of rotatable bonds is 3. The van der Waals surface area contributed by atoms with Gasteiger partial charge in [-0.05, 0) is 38.0 Å². The van der Waals surface area contributed by atoms with E-state index in [9.17, 15) is 9.90 Å². The summed E-state index contributed by atoms with van der Waals surface area (Å²) in [5.41, 5.74) is 0. The third-order valence-electron chi connectivity index (χ3n) is 4.33. The Morgan fingerprint density at radius 3 is 2.61 bits per heavy atom. The highest BCUT2D eigenvalue weighted by Crippen LogP contribution is 2.54. The molecule has 2 aliphatic rings.